The molecule has 4 aromatic rings. The summed E-state index contributed by atoms with van der Waals surface area (Å²) in [7, 11) is 1.39. The molecule has 4 aromatic heterocycles. The zero-order valence-corrected chi connectivity index (χ0v) is 41.5. The number of nitrogens with zero attached hydrogens (tertiary/aromatic N) is 6. The van der Waals surface area contributed by atoms with E-state index in [0.29, 0.717) is 51.3 Å². The first kappa shape index (κ1) is 55.2. The normalized spacial score (nSPS) is 18.3. The zero-order chi connectivity index (χ0) is 50.9. The standard InChI is InChI=1S/C22H27FN2O2.C21H29F3N2O.C9H12F2N2O/c1-6-9-22(20(26)13(2)3)11-17(22)16-7-8-19(25-14(16)4)15-10-18(23)21(27-5)24-12-15;1-6-20(4,5)13-15(3)25-18(21(22,23)24)11-14(2)16-9-10-26(17-7-8-17)19(27)12-16;1-6(7(2)14)3-8-4-12-13(5-8)9(10)11/h7-8,10,12-13,17H,6,9,11H2,1-5H3;9-12,15,17H,6-8,13H2,1-5H3;4-6,9H,3H2,1-2H3/b;14-11+,25-18?;. The number of ether oxygens (including phenoxy) is 1. The summed E-state index contributed by atoms with van der Waals surface area (Å²) in [6.45, 7) is 18.1. The minimum absolute atomic E-state index is 0.0263. The Bertz CT molecular complexity index is 2490. The van der Waals surface area contributed by atoms with Gasteiger partial charge in [-0.1, -0.05) is 67.4 Å². The van der Waals surface area contributed by atoms with Gasteiger partial charge in [-0.05, 0) is 124 Å². The maximum absolute atomic E-state index is 14.0. The molecule has 0 amide bonds. The van der Waals surface area contributed by atoms with Crippen LogP contribution in [0.25, 0.3) is 16.8 Å². The summed E-state index contributed by atoms with van der Waals surface area (Å²) in [5.74, 6) is 0.00766. The van der Waals surface area contributed by atoms with Gasteiger partial charge in [-0.25, -0.2) is 14.1 Å². The Balaban J connectivity index is 0.000000234. The number of hydrogen-bond donors (Lipinski definition) is 0. The summed E-state index contributed by atoms with van der Waals surface area (Å²) in [5.41, 5.74) is 3.47. The molecule has 0 aliphatic heterocycles. The molecule has 372 valence electrons. The van der Waals surface area contributed by atoms with Gasteiger partial charge in [0, 0.05) is 65.2 Å². The molecule has 2 fully saturated rings. The van der Waals surface area contributed by atoms with Gasteiger partial charge in [-0.3, -0.25) is 24.4 Å². The highest BCUT2D eigenvalue weighted by molar-refractivity contribution is 6.04. The van der Waals surface area contributed by atoms with Crippen LogP contribution in [-0.4, -0.2) is 60.9 Å². The number of methoxy groups -OCH3 is 1. The highest BCUT2D eigenvalue weighted by Crippen LogP contribution is 2.64. The van der Waals surface area contributed by atoms with E-state index in [9.17, 15) is 40.7 Å². The monoisotopic (exact) mass is 955 g/mol. The fraction of sp³-hybridized carbons (Fsp3) is 0.558. The predicted octanol–water partition coefficient (Wildman–Crippen LogP) is 12.9. The third kappa shape index (κ3) is 14.8. The van der Waals surface area contributed by atoms with Crippen LogP contribution in [0.2, 0.25) is 0 Å². The van der Waals surface area contributed by atoms with E-state index in [1.165, 1.54) is 38.6 Å². The van der Waals surface area contributed by atoms with Crippen LogP contribution < -0.4 is 10.3 Å². The van der Waals surface area contributed by atoms with E-state index < -0.39 is 30.3 Å². The maximum atomic E-state index is 14.0. The number of carbonyl (C=O) groups excluding carboxylic acids is 2. The largest absolute Gasteiger partial charge is 0.479 e. The lowest BCUT2D eigenvalue weighted by molar-refractivity contribution is -0.127. The van der Waals surface area contributed by atoms with Crippen molar-refractivity contribution in [3.8, 4) is 17.1 Å². The van der Waals surface area contributed by atoms with Crippen LogP contribution in [0.4, 0.5) is 26.3 Å². The molecule has 0 saturated heterocycles. The number of pyridine rings is 3. The fourth-order valence-electron chi connectivity index (χ4n) is 8.41. The van der Waals surface area contributed by atoms with Crippen molar-refractivity contribution in [3.05, 3.63) is 99.8 Å². The van der Waals surface area contributed by atoms with E-state index in [1.54, 1.807) is 43.8 Å². The molecular weight excluding hydrogens is 887 g/mol. The van der Waals surface area contributed by atoms with Crippen LogP contribution in [0, 0.1) is 35.4 Å². The molecule has 16 heteroatoms. The van der Waals surface area contributed by atoms with Gasteiger partial charge in [-0.15, -0.1) is 0 Å². The maximum Gasteiger partial charge on any atom is 0.432 e. The third-order valence-electron chi connectivity index (χ3n) is 12.8. The Kier molecular flexibility index (Phi) is 18.9. The van der Waals surface area contributed by atoms with E-state index in [0.717, 1.165) is 55.9 Å². The van der Waals surface area contributed by atoms with E-state index in [-0.39, 0.29) is 51.8 Å². The van der Waals surface area contributed by atoms with Crippen LogP contribution >= 0.6 is 0 Å². The van der Waals surface area contributed by atoms with E-state index >= 15 is 0 Å². The van der Waals surface area contributed by atoms with Crippen molar-refractivity contribution in [1.29, 1.82) is 0 Å². The first-order chi connectivity index (χ1) is 31.8. The van der Waals surface area contributed by atoms with Gasteiger partial charge < -0.3 is 9.30 Å². The average Bonchev–Trinajstić information content (AvgIpc) is 4.19. The van der Waals surface area contributed by atoms with Crippen LogP contribution in [0.15, 0.2) is 71.0 Å². The number of halogens is 6. The number of allylic oxidation sites excluding steroid dienone is 2. The second-order valence-corrected chi connectivity index (χ2v) is 19.4. The van der Waals surface area contributed by atoms with Gasteiger partial charge >= 0.3 is 12.7 Å². The van der Waals surface area contributed by atoms with Crippen molar-refractivity contribution in [3.63, 3.8) is 0 Å². The molecule has 6 rings (SSSR count). The molecule has 0 radical (unpaired) electrons. The van der Waals surface area contributed by atoms with Crippen LogP contribution in [0.5, 0.6) is 5.88 Å². The number of rotatable bonds is 18. The Morgan fingerprint density at radius 3 is 2.21 bits per heavy atom. The van der Waals surface area contributed by atoms with Crippen molar-refractivity contribution >= 4 is 22.9 Å². The molecule has 2 saturated carbocycles. The van der Waals surface area contributed by atoms with E-state index in [4.69, 9.17) is 4.74 Å². The smallest absolute Gasteiger partial charge is 0.432 e. The Hall–Kier alpha value is -5.41. The van der Waals surface area contributed by atoms with Gasteiger partial charge in [0.25, 0.3) is 5.56 Å². The number of alkyl halides is 5. The number of aryl methyl sites for hydroxylation is 1. The summed E-state index contributed by atoms with van der Waals surface area (Å²) in [6.07, 6.45) is 9.06. The third-order valence-corrected chi connectivity index (χ3v) is 12.8. The van der Waals surface area contributed by atoms with Crippen molar-refractivity contribution < 1.29 is 40.7 Å². The highest BCUT2D eigenvalue weighted by Gasteiger charge is 2.59. The number of aromatic nitrogens is 5. The van der Waals surface area contributed by atoms with Crippen molar-refractivity contribution in [2.24, 2.45) is 27.7 Å². The topological polar surface area (TPSA) is 121 Å². The predicted molar refractivity (Wildman–Crippen MR) is 255 cm³/mol. The molecule has 2 aliphatic rings. The van der Waals surface area contributed by atoms with Gasteiger partial charge in [0.2, 0.25) is 5.88 Å². The van der Waals surface area contributed by atoms with Gasteiger partial charge in [0.05, 0.1) is 19.0 Å². The first-order valence-corrected chi connectivity index (χ1v) is 23.4. The van der Waals surface area contributed by atoms with Crippen LogP contribution in [-0.2, 0) is 16.0 Å². The minimum Gasteiger partial charge on any atom is -0.479 e. The minimum atomic E-state index is -4.53. The van der Waals surface area contributed by atoms with Crippen molar-refractivity contribution in [1.82, 2.24) is 24.3 Å². The number of ketones is 2. The zero-order valence-electron chi connectivity index (χ0n) is 41.5. The second kappa shape index (κ2) is 23.3. The molecule has 68 heavy (non-hydrogen) atoms. The lowest BCUT2D eigenvalue weighted by atomic mass is 9.84. The van der Waals surface area contributed by atoms with Gasteiger partial charge in [-0.2, -0.15) is 27.1 Å². The average molecular weight is 955 g/mol. The fourth-order valence-corrected chi connectivity index (χ4v) is 8.41. The molecule has 0 bridgehead atoms. The van der Waals surface area contributed by atoms with E-state index in [2.05, 4.69) is 27.0 Å². The number of aliphatic imine (C=N–C) groups is 1. The quantitative estimate of drug-likeness (QED) is 0.0719. The molecule has 0 N–H and O–H groups in total. The van der Waals surface area contributed by atoms with Gasteiger partial charge in [0.1, 0.15) is 17.3 Å². The van der Waals surface area contributed by atoms with Crippen LogP contribution in [0.3, 0.4) is 0 Å². The SMILES string of the molecule is CC(=O)C(C)Cc1cnn(C(F)F)c1.CCC(C)(C)CC(C)N=C(/C=C(\C)c1ccn(C2CC2)c(=O)c1)C(F)(F)F.CCCC1(C(=O)C(C)C)CC1c1ccc(-c2cnc(OC)c(F)c2)nc1C. The summed E-state index contributed by atoms with van der Waals surface area (Å²) in [6, 6.07) is 8.21. The first-order valence-electron chi connectivity index (χ1n) is 23.4. The summed E-state index contributed by atoms with van der Waals surface area (Å²) in [5, 5.41) is 3.48. The molecule has 0 aromatic carbocycles. The molecule has 4 unspecified atom stereocenters. The van der Waals surface area contributed by atoms with Crippen molar-refractivity contribution in [2.45, 2.75) is 158 Å². The molecular formula is C52H68F6N6O4. The number of Topliss-reactive ketones (excluding diaryl/α,β-unsaturated/α-hetero) is 2. The Labute approximate surface area is 396 Å². The Morgan fingerprint density at radius 2 is 1.71 bits per heavy atom. The lowest BCUT2D eigenvalue weighted by Crippen LogP contribution is -2.25. The Morgan fingerprint density at radius 1 is 1.03 bits per heavy atom. The van der Waals surface area contributed by atoms with Crippen LogP contribution in [0.1, 0.15) is 155 Å². The van der Waals surface area contributed by atoms with Crippen molar-refractivity contribution in [2.75, 3.05) is 7.11 Å². The molecule has 0 spiro atoms. The van der Waals surface area contributed by atoms with Gasteiger partial charge in [0.15, 0.2) is 5.82 Å². The lowest BCUT2D eigenvalue weighted by Gasteiger charge is -2.25. The number of hydrogen-bond acceptors (Lipinski definition) is 8. The molecule has 10 nitrogen and oxygen atoms in total. The van der Waals surface area contributed by atoms with E-state index in [1.807, 2.05) is 53.7 Å². The highest BCUT2D eigenvalue weighted by atomic mass is 19.4. The molecule has 4 heterocycles. The summed E-state index contributed by atoms with van der Waals surface area (Å²) < 4.78 is 85.7. The number of carbonyl (C=O) groups is 2. The second-order valence-electron chi connectivity index (χ2n) is 19.4. The molecule has 4 atom stereocenters. The molecule has 2 aliphatic carbocycles. The summed E-state index contributed by atoms with van der Waals surface area (Å²) in [4.78, 5) is 48.5. The summed E-state index contributed by atoms with van der Waals surface area (Å²) >= 11 is 0.